The van der Waals surface area contributed by atoms with Gasteiger partial charge in [-0.05, 0) is 99.8 Å². The van der Waals surface area contributed by atoms with Crippen molar-refractivity contribution in [2.75, 3.05) is 19.6 Å². The second kappa shape index (κ2) is 8.07. The lowest BCUT2D eigenvalue weighted by Crippen LogP contribution is -2.33. The fraction of sp³-hybridized carbons (Fsp3) is 0.360. The van der Waals surface area contributed by atoms with Crippen molar-refractivity contribution in [3.8, 4) is 11.5 Å². The number of aromatic nitrogens is 2. The highest BCUT2D eigenvalue weighted by Crippen LogP contribution is 2.31. The van der Waals surface area contributed by atoms with Crippen molar-refractivity contribution in [3.63, 3.8) is 0 Å². The summed E-state index contributed by atoms with van der Waals surface area (Å²) in [4.78, 5) is 9.43. The van der Waals surface area contributed by atoms with Gasteiger partial charge in [0.05, 0.1) is 0 Å². The summed E-state index contributed by atoms with van der Waals surface area (Å²) in [5.74, 6) is 1.24. The highest BCUT2D eigenvalue weighted by molar-refractivity contribution is 5.84. The molecule has 0 bridgehead atoms. The predicted molar refractivity (Wildman–Crippen MR) is 121 cm³/mol. The molecule has 1 fully saturated rings. The quantitative estimate of drug-likeness (QED) is 0.332. The van der Waals surface area contributed by atoms with Gasteiger partial charge in [0.25, 0.3) is 0 Å². The number of aryl methyl sites for hydroxylation is 1. The molecule has 2 aromatic carbocycles. The summed E-state index contributed by atoms with van der Waals surface area (Å²) in [5, 5.41) is 21.7. The highest BCUT2D eigenvalue weighted by Gasteiger charge is 2.21. The van der Waals surface area contributed by atoms with Crippen molar-refractivity contribution in [2.24, 2.45) is 0 Å². The SMILES string of the molecule is Oc1ccc2[nH]c(C3CCN(CCCCc4c[nH]c5ccc(O)cc45)CC3)cc2c1. The van der Waals surface area contributed by atoms with Gasteiger partial charge in [-0.2, -0.15) is 0 Å². The predicted octanol–water partition coefficient (Wildman–Crippen LogP) is 5.26. The molecule has 0 spiro atoms. The molecule has 0 amide bonds. The van der Waals surface area contributed by atoms with Crippen molar-refractivity contribution < 1.29 is 10.2 Å². The number of H-pyrrole nitrogens is 2. The van der Waals surface area contributed by atoms with Crippen molar-refractivity contribution in [1.29, 1.82) is 0 Å². The zero-order valence-corrected chi connectivity index (χ0v) is 17.2. The summed E-state index contributed by atoms with van der Waals surface area (Å²) in [5.41, 5.74) is 4.80. The van der Waals surface area contributed by atoms with Crippen LogP contribution >= 0.6 is 0 Å². The zero-order chi connectivity index (χ0) is 20.5. The summed E-state index contributed by atoms with van der Waals surface area (Å²) >= 11 is 0. The minimum Gasteiger partial charge on any atom is -0.508 e. The maximum absolute atomic E-state index is 9.74. The monoisotopic (exact) mass is 403 g/mol. The van der Waals surface area contributed by atoms with Crippen LogP contribution in [0.2, 0.25) is 0 Å². The van der Waals surface area contributed by atoms with E-state index in [9.17, 15) is 10.2 Å². The van der Waals surface area contributed by atoms with E-state index in [2.05, 4.69) is 27.1 Å². The van der Waals surface area contributed by atoms with E-state index in [1.165, 1.54) is 30.5 Å². The van der Waals surface area contributed by atoms with E-state index in [1.807, 2.05) is 24.3 Å². The Labute approximate surface area is 176 Å². The third kappa shape index (κ3) is 3.90. The largest absolute Gasteiger partial charge is 0.508 e. The lowest BCUT2D eigenvalue weighted by atomic mass is 9.93. The van der Waals surface area contributed by atoms with Gasteiger partial charge in [0.15, 0.2) is 0 Å². The van der Waals surface area contributed by atoms with Crippen LogP contribution in [0.1, 0.15) is 42.9 Å². The molecule has 0 radical (unpaired) electrons. The second-order valence-electron chi connectivity index (χ2n) is 8.61. The summed E-state index contributed by atoms with van der Waals surface area (Å²) in [6.45, 7) is 3.44. The summed E-state index contributed by atoms with van der Waals surface area (Å²) in [7, 11) is 0. The fourth-order valence-corrected chi connectivity index (χ4v) is 4.85. The molecule has 5 nitrogen and oxygen atoms in total. The molecule has 1 aliphatic rings. The van der Waals surface area contributed by atoms with E-state index in [1.54, 1.807) is 12.1 Å². The van der Waals surface area contributed by atoms with Gasteiger partial charge in [0, 0.05) is 39.6 Å². The topological polar surface area (TPSA) is 75.3 Å². The molecule has 30 heavy (non-hydrogen) atoms. The molecule has 5 rings (SSSR count). The first-order valence-electron chi connectivity index (χ1n) is 11.0. The average molecular weight is 404 g/mol. The van der Waals surface area contributed by atoms with Crippen LogP contribution in [-0.2, 0) is 6.42 Å². The number of nitrogens with zero attached hydrogens (tertiary/aromatic N) is 1. The van der Waals surface area contributed by atoms with Crippen LogP contribution in [0, 0.1) is 0 Å². The molecule has 0 aliphatic carbocycles. The van der Waals surface area contributed by atoms with Gasteiger partial charge in [-0.3, -0.25) is 0 Å². The molecule has 1 aliphatic heterocycles. The Bertz CT molecular complexity index is 1150. The number of piperidine rings is 1. The molecule has 4 N–H and O–H groups in total. The van der Waals surface area contributed by atoms with Crippen LogP contribution in [0.15, 0.2) is 48.7 Å². The minimum atomic E-state index is 0.326. The summed E-state index contributed by atoms with van der Waals surface area (Å²) in [6.07, 6.45) is 7.84. The standard InChI is InChI=1S/C25H29N3O2/c29-20-4-6-23-19(13-20)14-25(27-23)17-8-11-28(12-9-17)10-2-1-3-18-16-26-24-7-5-21(30)15-22(18)24/h4-7,13-17,26-27,29-30H,1-3,8-12H2. The smallest absolute Gasteiger partial charge is 0.116 e. The van der Waals surface area contributed by atoms with E-state index in [4.69, 9.17) is 0 Å². The number of benzene rings is 2. The molecule has 0 unspecified atom stereocenters. The van der Waals surface area contributed by atoms with E-state index in [0.29, 0.717) is 17.4 Å². The first-order valence-corrected chi connectivity index (χ1v) is 11.0. The van der Waals surface area contributed by atoms with E-state index in [-0.39, 0.29) is 0 Å². The Morgan fingerprint density at radius 2 is 1.67 bits per heavy atom. The van der Waals surface area contributed by atoms with Crippen LogP contribution in [0.25, 0.3) is 21.8 Å². The van der Waals surface area contributed by atoms with E-state index in [0.717, 1.165) is 54.3 Å². The number of hydrogen-bond acceptors (Lipinski definition) is 3. The van der Waals surface area contributed by atoms with Gasteiger partial charge in [-0.25, -0.2) is 0 Å². The van der Waals surface area contributed by atoms with Gasteiger partial charge in [0.2, 0.25) is 0 Å². The zero-order valence-electron chi connectivity index (χ0n) is 17.2. The Hall–Kier alpha value is -2.92. The van der Waals surface area contributed by atoms with Crippen molar-refractivity contribution in [1.82, 2.24) is 14.9 Å². The van der Waals surface area contributed by atoms with Crippen LogP contribution in [0.3, 0.4) is 0 Å². The minimum absolute atomic E-state index is 0.326. The number of fused-ring (bicyclic) bond motifs is 2. The van der Waals surface area contributed by atoms with E-state index >= 15 is 0 Å². The molecule has 2 aromatic heterocycles. The number of hydrogen-bond donors (Lipinski definition) is 4. The van der Waals surface area contributed by atoms with Crippen molar-refractivity contribution in [2.45, 2.75) is 38.0 Å². The highest BCUT2D eigenvalue weighted by atomic mass is 16.3. The number of likely N-dealkylation sites (tertiary alicyclic amines) is 1. The van der Waals surface area contributed by atoms with Crippen LogP contribution in [-0.4, -0.2) is 44.7 Å². The molecule has 1 saturated heterocycles. The molecule has 5 heteroatoms. The molecule has 4 aromatic rings. The van der Waals surface area contributed by atoms with Gasteiger partial charge in [-0.1, -0.05) is 0 Å². The molecular weight excluding hydrogens is 374 g/mol. The number of phenolic OH excluding ortho intramolecular Hbond substituents is 2. The number of nitrogens with one attached hydrogen (secondary N) is 2. The third-order valence-corrected chi connectivity index (χ3v) is 6.57. The normalized spacial score (nSPS) is 16.0. The van der Waals surface area contributed by atoms with E-state index < -0.39 is 0 Å². The first-order chi connectivity index (χ1) is 14.7. The lowest BCUT2D eigenvalue weighted by Gasteiger charge is -2.31. The summed E-state index contributed by atoms with van der Waals surface area (Å²) in [6, 6.07) is 13.3. The molecular formula is C25H29N3O2. The number of aromatic hydroxyl groups is 2. The number of phenols is 2. The number of rotatable bonds is 6. The van der Waals surface area contributed by atoms with Gasteiger partial charge < -0.3 is 25.1 Å². The van der Waals surface area contributed by atoms with Gasteiger partial charge in [-0.15, -0.1) is 0 Å². The Morgan fingerprint density at radius 1 is 0.900 bits per heavy atom. The molecule has 0 atom stereocenters. The second-order valence-corrected chi connectivity index (χ2v) is 8.61. The first kappa shape index (κ1) is 19.1. The van der Waals surface area contributed by atoms with Gasteiger partial charge >= 0.3 is 0 Å². The maximum Gasteiger partial charge on any atom is 0.116 e. The third-order valence-electron chi connectivity index (χ3n) is 6.57. The fourth-order valence-electron chi connectivity index (χ4n) is 4.85. The van der Waals surface area contributed by atoms with Crippen LogP contribution in [0.4, 0.5) is 0 Å². The molecule has 156 valence electrons. The van der Waals surface area contributed by atoms with Crippen molar-refractivity contribution in [3.05, 3.63) is 59.9 Å². The Balaban J connectivity index is 1.10. The average Bonchev–Trinajstić information content (AvgIpc) is 3.35. The maximum atomic E-state index is 9.74. The summed E-state index contributed by atoms with van der Waals surface area (Å²) < 4.78 is 0. The lowest BCUT2D eigenvalue weighted by molar-refractivity contribution is 0.208. The number of unbranched alkanes of at least 4 members (excludes halogenated alkanes) is 1. The van der Waals surface area contributed by atoms with Gasteiger partial charge in [0.1, 0.15) is 11.5 Å². The molecule has 0 saturated carbocycles. The van der Waals surface area contributed by atoms with Crippen molar-refractivity contribution >= 4 is 21.8 Å². The van der Waals surface area contributed by atoms with Crippen LogP contribution in [0.5, 0.6) is 11.5 Å². The Kier molecular flexibility index (Phi) is 5.13. The number of aromatic amines is 2. The van der Waals surface area contributed by atoms with Crippen LogP contribution < -0.4 is 0 Å². The molecule has 3 heterocycles. The Morgan fingerprint density at radius 3 is 2.50 bits per heavy atom.